The molecule has 0 aliphatic heterocycles. The van der Waals surface area contributed by atoms with Gasteiger partial charge in [0.2, 0.25) is 0 Å². The number of carbonyl (C=O) groups is 2. The normalized spacial score (nSPS) is 9.81. The Bertz CT molecular complexity index is 759. The molecule has 4 nitrogen and oxygen atoms in total. The molecule has 0 aliphatic rings. The largest absolute Gasteiger partial charge is 0.274 e. The number of benzene rings is 2. The molecule has 0 atom stereocenters. The van der Waals surface area contributed by atoms with Crippen molar-refractivity contribution in [2.75, 3.05) is 0 Å². The van der Waals surface area contributed by atoms with Gasteiger partial charge in [-0.25, -0.2) is 5.01 Å². The number of halogens is 4. The highest BCUT2D eigenvalue weighted by Crippen LogP contribution is 2.21. The molecule has 0 aromatic heterocycles. The molecule has 0 saturated heterocycles. The second-order valence-corrected chi connectivity index (χ2v) is 7.01. The summed E-state index contributed by atoms with van der Waals surface area (Å²) in [6, 6.07) is 13.9. The maximum atomic E-state index is 12.9. The average molecular weight is 454 g/mol. The third kappa shape index (κ3) is 7.23. The molecule has 2 amide bonds. The second kappa shape index (κ2) is 11.4. The maximum Gasteiger partial charge on any atom is 0.274 e. The molecule has 0 aliphatic carbocycles. The van der Waals surface area contributed by atoms with Crippen LogP contribution in [0.4, 0.5) is 0 Å². The van der Waals surface area contributed by atoms with Crippen molar-refractivity contribution in [1.29, 1.82) is 0 Å². The van der Waals surface area contributed by atoms with Crippen LogP contribution in [0.3, 0.4) is 0 Å². The van der Waals surface area contributed by atoms with Crippen LogP contribution in [0.1, 0.15) is 47.1 Å². The summed E-state index contributed by atoms with van der Waals surface area (Å²) < 4.78 is 0. The van der Waals surface area contributed by atoms with Crippen LogP contribution in [0.5, 0.6) is 0 Å². The van der Waals surface area contributed by atoms with Crippen LogP contribution in [-0.2, 0) is 0 Å². The highest BCUT2D eigenvalue weighted by Gasteiger charge is 2.30. The van der Waals surface area contributed by atoms with Gasteiger partial charge in [0.1, 0.15) is 0 Å². The predicted molar refractivity (Wildman–Crippen MR) is 118 cm³/mol. The topological polar surface area (TPSA) is 49.4 Å². The number of carbonyl (C=O) groups excluding carboxylic acids is 2. The van der Waals surface area contributed by atoms with E-state index < -0.39 is 5.54 Å². The van der Waals surface area contributed by atoms with Gasteiger partial charge in [0, 0.05) is 5.56 Å². The molecule has 0 radical (unpaired) electrons. The highest BCUT2D eigenvalue weighted by molar-refractivity contribution is 6.33. The standard InChI is InChI=1S/C19H21ClN2O2.3ClH/c1-13-9-11-14(12-10-13)17(23)21-22(19(2,3)4)18(24)15-7-5-6-8-16(15)20;;;/h5-12H,1-4H3,(H,21,23);3*1H. The lowest BCUT2D eigenvalue weighted by Crippen LogP contribution is -2.55. The first-order valence-corrected chi connectivity index (χ1v) is 8.04. The summed E-state index contributed by atoms with van der Waals surface area (Å²) in [4.78, 5) is 25.4. The van der Waals surface area contributed by atoms with E-state index in [0.29, 0.717) is 16.1 Å². The number of amides is 2. The van der Waals surface area contributed by atoms with E-state index in [0.717, 1.165) is 5.56 Å². The zero-order valence-electron chi connectivity index (χ0n) is 15.5. The summed E-state index contributed by atoms with van der Waals surface area (Å²) >= 11 is 6.12. The molecule has 2 rings (SSSR count). The van der Waals surface area contributed by atoms with E-state index >= 15 is 0 Å². The average Bonchev–Trinajstić information content (AvgIpc) is 2.52. The first kappa shape index (κ1) is 27.8. The molecule has 1 N–H and O–H groups in total. The summed E-state index contributed by atoms with van der Waals surface area (Å²) in [6.07, 6.45) is 0. The van der Waals surface area contributed by atoms with Crippen molar-refractivity contribution in [3.05, 3.63) is 70.2 Å². The quantitative estimate of drug-likeness (QED) is 0.610. The highest BCUT2D eigenvalue weighted by atomic mass is 35.5. The van der Waals surface area contributed by atoms with E-state index in [4.69, 9.17) is 11.6 Å². The van der Waals surface area contributed by atoms with Crippen molar-refractivity contribution in [3.8, 4) is 0 Å². The van der Waals surface area contributed by atoms with Gasteiger partial charge < -0.3 is 0 Å². The molecule has 2 aromatic rings. The third-order valence-electron chi connectivity index (χ3n) is 3.51. The molecule has 0 spiro atoms. The van der Waals surface area contributed by atoms with Crippen molar-refractivity contribution in [3.63, 3.8) is 0 Å². The third-order valence-corrected chi connectivity index (χ3v) is 3.83. The summed E-state index contributed by atoms with van der Waals surface area (Å²) in [5.41, 5.74) is 3.98. The van der Waals surface area contributed by atoms with E-state index in [1.165, 1.54) is 5.01 Å². The van der Waals surface area contributed by atoms with Crippen LogP contribution >= 0.6 is 48.8 Å². The minimum absolute atomic E-state index is 0. The number of aryl methyl sites for hydroxylation is 1. The van der Waals surface area contributed by atoms with Gasteiger partial charge in [-0.05, 0) is 52.0 Å². The Hall–Kier alpha value is -1.46. The van der Waals surface area contributed by atoms with E-state index in [1.807, 2.05) is 39.8 Å². The molecule has 0 saturated carbocycles. The van der Waals surface area contributed by atoms with Gasteiger partial charge in [-0.3, -0.25) is 15.0 Å². The minimum atomic E-state index is -0.614. The monoisotopic (exact) mass is 452 g/mol. The van der Waals surface area contributed by atoms with Crippen LogP contribution in [0.25, 0.3) is 0 Å². The Labute approximate surface area is 183 Å². The van der Waals surface area contributed by atoms with E-state index in [1.54, 1.807) is 36.4 Å². The zero-order chi connectivity index (χ0) is 17.9. The van der Waals surface area contributed by atoms with Gasteiger partial charge in [-0.1, -0.05) is 41.4 Å². The van der Waals surface area contributed by atoms with E-state index in [-0.39, 0.29) is 49.0 Å². The van der Waals surface area contributed by atoms with Crippen LogP contribution in [0.15, 0.2) is 48.5 Å². The second-order valence-electron chi connectivity index (χ2n) is 6.60. The molecular formula is C19H24Cl4N2O2. The molecule has 0 unspecified atom stereocenters. The van der Waals surface area contributed by atoms with Crippen LogP contribution < -0.4 is 5.43 Å². The SMILES string of the molecule is Cc1ccc(C(=O)NN(C(=O)c2ccccc2Cl)C(C)(C)C)cc1.Cl.Cl.Cl. The molecule has 0 heterocycles. The summed E-state index contributed by atoms with van der Waals surface area (Å²) in [5.74, 6) is -0.695. The Kier molecular flexibility index (Phi) is 11.7. The Balaban J connectivity index is 0. The molecule has 0 bridgehead atoms. The first-order valence-electron chi connectivity index (χ1n) is 7.67. The van der Waals surface area contributed by atoms with Gasteiger partial charge >= 0.3 is 0 Å². The van der Waals surface area contributed by atoms with Crippen molar-refractivity contribution in [2.24, 2.45) is 0 Å². The number of hydrogen-bond acceptors (Lipinski definition) is 2. The van der Waals surface area contributed by atoms with Crippen LogP contribution in [-0.4, -0.2) is 22.4 Å². The van der Waals surface area contributed by atoms with Gasteiger partial charge in [0.15, 0.2) is 0 Å². The molecule has 8 heteroatoms. The van der Waals surface area contributed by atoms with Gasteiger partial charge in [0.05, 0.1) is 16.1 Å². The lowest BCUT2D eigenvalue weighted by atomic mass is 10.1. The predicted octanol–water partition coefficient (Wildman–Crippen LogP) is 5.50. The minimum Gasteiger partial charge on any atom is -0.267 e. The summed E-state index contributed by atoms with van der Waals surface area (Å²) in [5, 5.41) is 1.66. The molecule has 2 aromatic carbocycles. The Morgan fingerprint density at radius 2 is 1.44 bits per heavy atom. The van der Waals surface area contributed by atoms with Crippen molar-refractivity contribution in [2.45, 2.75) is 33.2 Å². The van der Waals surface area contributed by atoms with Gasteiger partial charge in [-0.2, -0.15) is 0 Å². The van der Waals surface area contributed by atoms with Crippen LogP contribution in [0, 0.1) is 6.92 Å². The molecule has 150 valence electrons. The smallest absolute Gasteiger partial charge is 0.267 e. The number of nitrogens with zero attached hydrogens (tertiary/aromatic N) is 1. The fraction of sp³-hybridized carbons (Fsp3) is 0.263. The van der Waals surface area contributed by atoms with Crippen molar-refractivity contribution >= 4 is 60.6 Å². The first-order chi connectivity index (χ1) is 11.2. The van der Waals surface area contributed by atoms with Crippen molar-refractivity contribution in [1.82, 2.24) is 10.4 Å². The Morgan fingerprint density at radius 3 is 1.93 bits per heavy atom. The maximum absolute atomic E-state index is 12.9. The van der Waals surface area contributed by atoms with Gasteiger partial charge in [-0.15, -0.1) is 37.2 Å². The van der Waals surface area contributed by atoms with Gasteiger partial charge in [0.25, 0.3) is 11.8 Å². The fourth-order valence-corrected chi connectivity index (χ4v) is 2.37. The van der Waals surface area contributed by atoms with Crippen LogP contribution in [0.2, 0.25) is 5.02 Å². The van der Waals surface area contributed by atoms with E-state index in [9.17, 15) is 9.59 Å². The van der Waals surface area contributed by atoms with Crippen molar-refractivity contribution < 1.29 is 9.59 Å². The number of rotatable bonds is 2. The summed E-state index contributed by atoms with van der Waals surface area (Å²) in [7, 11) is 0. The summed E-state index contributed by atoms with van der Waals surface area (Å²) in [6.45, 7) is 7.48. The lowest BCUT2D eigenvalue weighted by molar-refractivity contribution is 0.0359. The van der Waals surface area contributed by atoms with E-state index in [2.05, 4.69) is 5.43 Å². The number of hydrogen-bond donors (Lipinski definition) is 1. The molecule has 27 heavy (non-hydrogen) atoms. The fourth-order valence-electron chi connectivity index (χ4n) is 2.15. The molecule has 0 fully saturated rings. The molecular weight excluding hydrogens is 430 g/mol. The number of hydrazine groups is 1. The zero-order valence-corrected chi connectivity index (χ0v) is 18.7. The number of nitrogens with one attached hydrogen (secondary N) is 1. The Morgan fingerprint density at radius 1 is 0.926 bits per heavy atom. The lowest BCUT2D eigenvalue weighted by Gasteiger charge is -2.35.